The highest BCUT2D eigenvalue weighted by Gasteiger charge is 2.26. The van der Waals surface area contributed by atoms with Gasteiger partial charge >= 0.3 is 0 Å². The van der Waals surface area contributed by atoms with Gasteiger partial charge in [0.1, 0.15) is 5.75 Å². The molecule has 1 aliphatic heterocycles. The monoisotopic (exact) mass is 391 g/mol. The number of rotatable bonds is 7. The molecule has 2 aromatic rings. The van der Waals surface area contributed by atoms with Crippen LogP contribution in [0.4, 0.5) is 0 Å². The van der Waals surface area contributed by atoms with Crippen molar-refractivity contribution in [2.45, 2.75) is 70.7 Å². The molecular formula is C25H33N3O. The van der Waals surface area contributed by atoms with E-state index in [0.29, 0.717) is 18.6 Å². The van der Waals surface area contributed by atoms with E-state index in [1.54, 1.807) is 0 Å². The minimum atomic E-state index is -0.524. The van der Waals surface area contributed by atoms with E-state index < -0.39 is 5.41 Å². The van der Waals surface area contributed by atoms with Gasteiger partial charge in [-0.25, -0.2) is 0 Å². The molecule has 0 spiro atoms. The van der Waals surface area contributed by atoms with Crippen LogP contribution in [-0.4, -0.2) is 18.7 Å². The first-order valence-corrected chi connectivity index (χ1v) is 10.6. The summed E-state index contributed by atoms with van der Waals surface area (Å²) < 4.78 is 6.06. The summed E-state index contributed by atoms with van der Waals surface area (Å²) in [4.78, 5) is 0. The van der Waals surface area contributed by atoms with E-state index in [0.717, 1.165) is 36.3 Å². The number of hydrogen-bond acceptors (Lipinski definition) is 4. The van der Waals surface area contributed by atoms with Gasteiger partial charge in [-0.1, -0.05) is 36.4 Å². The second kappa shape index (κ2) is 9.43. The quantitative estimate of drug-likeness (QED) is 0.708. The van der Waals surface area contributed by atoms with Crippen molar-refractivity contribution in [3.05, 3.63) is 65.2 Å². The summed E-state index contributed by atoms with van der Waals surface area (Å²) in [5.41, 5.74) is 2.93. The molecule has 3 rings (SSSR count). The second-order valence-electron chi connectivity index (χ2n) is 8.70. The van der Waals surface area contributed by atoms with Crippen molar-refractivity contribution in [1.29, 1.82) is 5.26 Å². The van der Waals surface area contributed by atoms with E-state index in [1.165, 1.54) is 5.56 Å². The van der Waals surface area contributed by atoms with Gasteiger partial charge in [0.2, 0.25) is 0 Å². The molecule has 1 fully saturated rings. The first kappa shape index (κ1) is 21.4. The van der Waals surface area contributed by atoms with Crippen LogP contribution in [0.3, 0.4) is 0 Å². The van der Waals surface area contributed by atoms with Crippen LogP contribution in [0.15, 0.2) is 48.5 Å². The molecule has 154 valence electrons. The highest BCUT2D eigenvalue weighted by molar-refractivity contribution is 5.42. The first-order chi connectivity index (χ1) is 13.9. The lowest BCUT2D eigenvalue weighted by atomic mass is 9.85. The van der Waals surface area contributed by atoms with Crippen LogP contribution in [0.2, 0.25) is 0 Å². The summed E-state index contributed by atoms with van der Waals surface area (Å²) in [7, 11) is 0. The Morgan fingerprint density at radius 3 is 2.66 bits per heavy atom. The lowest BCUT2D eigenvalue weighted by Crippen LogP contribution is -2.45. The fourth-order valence-corrected chi connectivity index (χ4v) is 3.90. The maximum absolute atomic E-state index is 9.54. The summed E-state index contributed by atoms with van der Waals surface area (Å²) >= 11 is 0. The molecule has 0 aliphatic carbocycles. The molecule has 0 amide bonds. The summed E-state index contributed by atoms with van der Waals surface area (Å²) in [6.07, 6.45) is 2.41. The Balaban J connectivity index is 1.82. The molecule has 0 unspecified atom stereocenters. The van der Waals surface area contributed by atoms with Crippen LogP contribution in [0.25, 0.3) is 0 Å². The number of benzene rings is 2. The smallest absolute Gasteiger partial charge is 0.124 e. The van der Waals surface area contributed by atoms with E-state index in [4.69, 9.17) is 4.74 Å². The Bertz CT molecular complexity index is 839. The van der Waals surface area contributed by atoms with Crippen molar-refractivity contribution in [3.8, 4) is 11.8 Å². The van der Waals surface area contributed by atoms with Gasteiger partial charge in [0, 0.05) is 24.2 Å². The highest BCUT2D eigenvalue weighted by Crippen LogP contribution is 2.30. The predicted octanol–water partition coefficient (Wildman–Crippen LogP) is 4.86. The number of hydrogen-bond donors (Lipinski definition) is 2. The van der Waals surface area contributed by atoms with Crippen molar-refractivity contribution < 1.29 is 4.74 Å². The maximum atomic E-state index is 9.54. The summed E-state index contributed by atoms with van der Waals surface area (Å²) in [6, 6.07) is 19.9. The van der Waals surface area contributed by atoms with E-state index >= 15 is 0 Å². The molecule has 1 saturated heterocycles. The van der Waals surface area contributed by atoms with Crippen LogP contribution < -0.4 is 15.4 Å². The zero-order chi connectivity index (χ0) is 20.9. The molecule has 0 radical (unpaired) electrons. The van der Waals surface area contributed by atoms with Gasteiger partial charge in [0.05, 0.1) is 17.6 Å². The molecule has 29 heavy (non-hydrogen) atoms. The number of nitrogens with zero attached hydrogens (tertiary/aromatic N) is 1. The van der Waals surface area contributed by atoms with Gasteiger partial charge in [-0.15, -0.1) is 0 Å². The van der Waals surface area contributed by atoms with Gasteiger partial charge in [0.25, 0.3) is 0 Å². The lowest BCUT2D eigenvalue weighted by molar-refractivity contribution is 0.237. The zero-order valence-electron chi connectivity index (χ0n) is 18.0. The first-order valence-electron chi connectivity index (χ1n) is 10.6. The number of ether oxygens (including phenoxy) is 1. The summed E-state index contributed by atoms with van der Waals surface area (Å²) in [6.45, 7) is 9.76. The minimum absolute atomic E-state index is 0.108. The van der Waals surface area contributed by atoms with Crippen molar-refractivity contribution in [2.24, 2.45) is 0 Å². The summed E-state index contributed by atoms with van der Waals surface area (Å²) in [5, 5.41) is 17.0. The molecule has 1 aliphatic rings. The number of nitriles is 1. The zero-order valence-corrected chi connectivity index (χ0v) is 18.0. The lowest BCUT2D eigenvalue weighted by Gasteiger charge is -2.34. The van der Waals surface area contributed by atoms with Crippen LogP contribution in [0.5, 0.6) is 5.75 Å². The van der Waals surface area contributed by atoms with E-state index in [9.17, 15) is 5.26 Å². The molecule has 2 atom stereocenters. The fraction of sp³-hybridized carbons (Fsp3) is 0.480. The van der Waals surface area contributed by atoms with Gasteiger partial charge < -0.3 is 15.4 Å². The van der Waals surface area contributed by atoms with Crippen LogP contribution in [0, 0.1) is 11.3 Å². The molecule has 1 heterocycles. The van der Waals surface area contributed by atoms with Crippen molar-refractivity contribution >= 4 is 0 Å². The molecule has 2 aromatic carbocycles. The molecule has 2 N–H and O–H groups in total. The SMILES string of the molecule is CC(C)Oc1ccc(C(C)(C)C#N)cc1CN[C@H]1CCCN[C@H]1c1ccccc1. The maximum Gasteiger partial charge on any atom is 0.124 e. The molecular weight excluding hydrogens is 358 g/mol. The third-order valence-corrected chi connectivity index (χ3v) is 5.60. The van der Waals surface area contributed by atoms with Crippen molar-refractivity contribution in [1.82, 2.24) is 10.6 Å². The van der Waals surface area contributed by atoms with E-state index in [2.05, 4.69) is 53.1 Å². The van der Waals surface area contributed by atoms with Gasteiger partial charge in [-0.3, -0.25) is 0 Å². The van der Waals surface area contributed by atoms with Crippen molar-refractivity contribution in [2.75, 3.05) is 6.54 Å². The average molecular weight is 392 g/mol. The Morgan fingerprint density at radius 1 is 1.21 bits per heavy atom. The Labute approximate surface area is 175 Å². The summed E-state index contributed by atoms with van der Waals surface area (Å²) in [5.74, 6) is 0.894. The van der Waals surface area contributed by atoms with Gasteiger partial charge in [-0.05, 0) is 70.3 Å². The van der Waals surface area contributed by atoms with Crippen LogP contribution >= 0.6 is 0 Å². The Morgan fingerprint density at radius 2 is 1.97 bits per heavy atom. The van der Waals surface area contributed by atoms with E-state index in [-0.39, 0.29) is 6.10 Å². The third kappa shape index (κ3) is 5.38. The van der Waals surface area contributed by atoms with Crippen molar-refractivity contribution in [3.63, 3.8) is 0 Å². The molecule has 0 bridgehead atoms. The van der Waals surface area contributed by atoms with Crippen LogP contribution in [0.1, 0.15) is 63.3 Å². The number of nitrogens with one attached hydrogen (secondary N) is 2. The Hall–Kier alpha value is -2.35. The molecule has 4 nitrogen and oxygen atoms in total. The predicted molar refractivity (Wildman–Crippen MR) is 118 cm³/mol. The molecule has 4 heteroatoms. The highest BCUT2D eigenvalue weighted by atomic mass is 16.5. The molecule has 0 saturated carbocycles. The van der Waals surface area contributed by atoms with Gasteiger partial charge in [-0.2, -0.15) is 5.26 Å². The fourth-order valence-electron chi connectivity index (χ4n) is 3.90. The van der Waals surface area contributed by atoms with Crippen LogP contribution in [-0.2, 0) is 12.0 Å². The second-order valence-corrected chi connectivity index (χ2v) is 8.70. The Kier molecular flexibility index (Phi) is 6.95. The average Bonchev–Trinajstić information content (AvgIpc) is 2.73. The standard InChI is InChI=1S/C25H33N3O/c1-18(2)29-23-13-12-21(25(3,4)17-26)15-20(23)16-28-22-11-8-14-27-24(22)19-9-6-5-7-10-19/h5-7,9-10,12-13,15,18,22,24,27-28H,8,11,14,16H2,1-4H3/t22-,24-/m0/s1. The minimum Gasteiger partial charge on any atom is -0.491 e. The normalized spacial score (nSPS) is 19.7. The van der Waals surface area contributed by atoms with E-state index in [1.807, 2.05) is 39.8 Å². The van der Waals surface area contributed by atoms with Gasteiger partial charge in [0.15, 0.2) is 0 Å². The topological polar surface area (TPSA) is 57.1 Å². The number of piperidine rings is 1. The third-order valence-electron chi connectivity index (χ3n) is 5.60. The largest absolute Gasteiger partial charge is 0.491 e. The molecule has 0 aromatic heterocycles.